The Morgan fingerprint density at radius 3 is 2.55 bits per heavy atom. The van der Waals surface area contributed by atoms with Crippen LogP contribution in [0, 0.1) is 0 Å². The Labute approximate surface area is 119 Å². The number of benzene rings is 1. The minimum absolute atomic E-state index is 0.480. The van der Waals surface area contributed by atoms with Crippen LogP contribution < -0.4 is 20.3 Å². The van der Waals surface area contributed by atoms with Gasteiger partial charge in [-0.1, -0.05) is 12.1 Å². The van der Waals surface area contributed by atoms with E-state index in [1.54, 1.807) is 24.3 Å². The van der Waals surface area contributed by atoms with E-state index in [1.807, 2.05) is 14.1 Å². The monoisotopic (exact) mass is 280 g/mol. The van der Waals surface area contributed by atoms with Crippen molar-refractivity contribution < 1.29 is 19.2 Å². The van der Waals surface area contributed by atoms with Crippen molar-refractivity contribution in [3.8, 4) is 5.75 Å². The summed E-state index contributed by atoms with van der Waals surface area (Å²) in [6.07, 6.45) is 0.829. The van der Waals surface area contributed by atoms with Gasteiger partial charge >= 0.3 is 11.8 Å². The number of para-hydroxylation sites is 2. The topological polar surface area (TPSA) is 71.9 Å². The van der Waals surface area contributed by atoms with Crippen molar-refractivity contribution in [3.63, 3.8) is 0 Å². The largest absolute Gasteiger partial charge is 0.495 e. The lowest BCUT2D eigenvalue weighted by Gasteiger charge is -2.10. The lowest BCUT2D eigenvalue weighted by atomic mass is 10.3. The second-order valence-electron chi connectivity index (χ2n) is 4.72. The number of methoxy groups -OCH3 is 1. The molecule has 2 amide bonds. The number of ether oxygens (including phenoxy) is 1. The van der Waals surface area contributed by atoms with Crippen molar-refractivity contribution in [2.24, 2.45) is 0 Å². The summed E-state index contributed by atoms with van der Waals surface area (Å²) < 4.78 is 5.10. The maximum Gasteiger partial charge on any atom is 0.313 e. The molecule has 110 valence electrons. The molecule has 0 saturated heterocycles. The van der Waals surface area contributed by atoms with Crippen LogP contribution in [0.25, 0.3) is 0 Å². The van der Waals surface area contributed by atoms with Crippen molar-refractivity contribution in [2.45, 2.75) is 6.42 Å². The Balaban J connectivity index is 2.43. The molecule has 0 saturated carbocycles. The fraction of sp³-hybridized carbons (Fsp3) is 0.429. The van der Waals surface area contributed by atoms with Crippen molar-refractivity contribution in [1.82, 2.24) is 5.32 Å². The predicted molar refractivity (Wildman–Crippen MR) is 76.9 cm³/mol. The van der Waals surface area contributed by atoms with E-state index in [9.17, 15) is 9.59 Å². The zero-order valence-corrected chi connectivity index (χ0v) is 12.2. The van der Waals surface area contributed by atoms with E-state index >= 15 is 0 Å². The number of hydrogen-bond donors (Lipinski definition) is 3. The summed E-state index contributed by atoms with van der Waals surface area (Å²) in [7, 11) is 5.58. The molecule has 0 aliphatic rings. The minimum Gasteiger partial charge on any atom is -0.495 e. The molecule has 0 unspecified atom stereocenters. The number of rotatable bonds is 6. The SMILES string of the molecule is COc1ccccc1NC(=O)C(=O)NCCC[NH+](C)C. The van der Waals surface area contributed by atoms with Gasteiger partial charge in [0.05, 0.1) is 33.4 Å². The second kappa shape index (κ2) is 8.16. The molecule has 0 bridgehead atoms. The molecule has 6 nitrogen and oxygen atoms in total. The molecule has 1 rings (SSSR count). The van der Waals surface area contributed by atoms with Crippen LogP contribution in [0.4, 0.5) is 5.69 Å². The first kappa shape index (κ1) is 16.0. The van der Waals surface area contributed by atoms with Crippen LogP contribution in [-0.2, 0) is 9.59 Å². The number of hydrogen-bond acceptors (Lipinski definition) is 3. The van der Waals surface area contributed by atoms with E-state index in [-0.39, 0.29) is 0 Å². The first-order valence-corrected chi connectivity index (χ1v) is 6.56. The van der Waals surface area contributed by atoms with Crippen molar-refractivity contribution in [2.75, 3.05) is 39.6 Å². The summed E-state index contributed by atoms with van der Waals surface area (Å²) in [6, 6.07) is 6.95. The van der Waals surface area contributed by atoms with E-state index in [0.717, 1.165) is 13.0 Å². The third-order valence-electron chi connectivity index (χ3n) is 2.70. The quantitative estimate of drug-likeness (QED) is 0.476. The molecule has 1 aromatic carbocycles. The van der Waals surface area contributed by atoms with Gasteiger partial charge in [-0.3, -0.25) is 9.59 Å². The van der Waals surface area contributed by atoms with Crippen LogP contribution in [0.15, 0.2) is 24.3 Å². The zero-order valence-electron chi connectivity index (χ0n) is 12.2. The Bertz CT molecular complexity index is 461. The molecule has 0 atom stereocenters. The minimum atomic E-state index is -0.688. The Kier molecular flexibility index (Phi) is 6.52. The van der Waals surface area contributed by atoms with Crippen molar-refractivity contribution in [3.05, 3.63) is 24.3 Å². The zero-order chi connectivity index (χ0) is 15.0. The molecule has 0 aliphatic heterocycles. The molecule has 0 aliphatic carbocycles. The van der Waals surface area contributed by atoms with Gasteiger partial charge in [-0.05, 0) is 12.1 Å². The Hall–Kier alpha value is -2.08. The first-order valence-electron chi connectivity index (χ1n) is 6.56. The number of anilines is 1. The normalized spacial score (nSPS) is 10.2. The van der Waals surface area contributed by atoms with E-state index in [2.05, 4.69) is 10.6 Å². The highest BCUT2D eigenvalue weighted by molar-refractivity contribution is 6.39. The van der Waals surface area contributed by atoms with Crippen LogP contribution >= 0.6 is 0 Å². The Morgan fingerprint density at radius 2 is 1.90 bits per heavy atom. The fourth-order valence-corrected chi connectivity index (χ4v) is 1.65. The lowest BCUT2D eigenvalue weighted by Crippen LogP contribution is -3.05. The maximum atomic E-state index is 11.7. The van der Waals surface area contributed by atoms with Gasteiger partial charge in [0.15, 0.2) is 0 Å². The maximum absolute atomic E-state index is 11.7. The average Bonchev–Trinajstić information content (AvgIpc) is 2.43. The van der Waals surface area contributed by atoms with Gasteiger partial charge in [0.25, 0.3) is 0 Å². The number of quaternary nitrogens is 1. The third-order valence-corrected chi connectivity index (χ3v) is 2.70. The molecule has 1 aromatic rings. The van der Waals surface area contributed by atoms with Crippen molar-refractivity contribution >= 4 is 17.5 Å². The molecule has 0 spiro atoms. The number of amides is 2. The summed E-state index contributed by atoms with van der Waals surface area (Å²) in [4.78, 5) is 24.6. The number of nitrogens with one attached hydrogen (secondary N) is 3. The van der Waals surface area contributed by atoms with Crippen molar-refractivity contribution in [1.29, 1.82) is 0 Å². The van der Waals surface area contributed by atoms with Crippen LogP contribution in [0.2, 0.25) is 0 Å². The molecule has 0 fully saturated rings. The summed E-state index contributed by atoms with van der Waals surface area (Å²) in [5.74, 6) is -0.804. The van der Waals surface area contributed by atoms with Gasteiger partial charge in [0.1, 0.15) is 5.75 Å². The van der Waals surface area contributed by atoms with E-state index in [4.69, 9.17) is 4.74 Å². The van der Waals surface area contributed by atoms with Gasteiger partial charge in [-0.2, -0.15) is 0 Å². The highest BCUT2D eigenvalue weighted by Gasteiger charge is 2.14. The highest BCUT2D eigenvalue weighted by Crippen LogP contribution is 2.22. The lowest BCUT2D eigenvalue weighted by molar-refractivity contribution is -0.858. The van der Waals surface area contributed by atoms with Gasteiger partial charge < -0.3 is 20.3 Å². The van der Waals surface area contributed by atoms with Gasteiger partial charge in [-0.25, -0.2) is 0 Å². The molecule has 3 N–H and O–H groups in total. The summed E-state index contributed by atoms with van der Waals surface area (Å²) in [5.41, 5.74) is 0.480. The molecule has 6 heteroatoms. The number of carbonyl (C=O) groups excluding carboxylic acids is 2. The third kappa shape index (κ3) is 5.27. The standard InChI is InChI=1S/C14H21N3O3/c1-17(2)10-6-9-15-13(18)14(19)16-11-7-4-5-8-12(11)20-3/h4-5,7-8H,6,9-10H2,1-3H3,(H,15,18)(H,16,19)/p+1. The summed E-state index contributed by atoms with van der Waals surface area (Å²) >= 11 is 0. The first-order chi connectivity index (χ1) is 9.54. The smallest absolute Gasteiger partial charge is 0.313 e. The van der Waals surface area contributed by atoms with Crippen LogP contribution in [0.3, 0.4) is 0 Å². The molecule has 0 aromatic heterocycles. The molecule has 0 radical (unpaired) electrons. The molecular weight excluding hydrogens is 258 g/mol. The van der Waals surface area contributed by atoms with Crippen LogP contribution in [0.5, 0.6) is 5.75 Å². The van der Waals surface area contributed by atoms with E-state index in [1.165, 1.54) is 12.0 Å². The summed E-state index contributed by atoms with van der Waals surface area (Å²) in [5, 5.41) is 5.12. The highest BCUT2D eigenvalue weighted by atomic mass is 16.5. The van der Waals surface area contributed by atoms with Crippen LogP contribution in [-0.4, -0.2) is 46.1 Å². The van der Waals surface area contributed by atoms with E-state index < -0.39 is 11.8 Å². The number of carbonyl (C=O) groups is 2. The average molecular weight is 280 g/mol. The van der Waals surface area contributed by atoms with Crippen LogP contribution in [0.1, 0.15) is 6.42 Å². The molecule has 0 heterocycles. The Morgan fingerprint density at radius 1 is 1.20 bits per heavy atom. The second-order valence-corrected chi connectivity index (χ2v) is 4.72. The summed E-state index contributed by atoms with van der Waals surface area (Å²) in [6.45, 7) is 1.43. The molecular formula is C14H22N3O3+. The predicted octanol–water partition coefficient (Wildman–Crippen LogP) is -0.715. The fourth-order valence-electron chi connectivity index (χ4n) is 1.65. The van der Waals surface area contributed by atoms with Gasteiger partial charge in [0, 0.05) is 13.0 Å². The van der Waals surface area contributed by atoms with Gasteiger partial charge in [-0.15, -0.1) is 0 Å². The molecule has 20 heavy (non-hydrogen) atoms. The van der Waals surface area contributed by atoms with E-state index in [0.29, 0.717) is 18.0 Å². The van der Waals surface area contributed by atoms with Gasteiger partial charge in [0.2, 0.25) is 0 Å².